The Balaban J connectivity index is 2.70. The number of anilines is 1. The monoisotopic (exact) mass is 291 g/mol. The molecule has 118 valence electrons. The van der Waals surface area contributed by atoms with E-state index in [1.165, 1.54) is 5.56 Å². The first-order valence-electron chi connectivity index (χ1n) is 7.58. The zero-order valence-electron chi connectivity index (χ0n) is 14.2. The standard InChI is InChI=1S/C17H29N3O/c1-7-18-13(2)14-9-8-10-15(11-14)19-16(21)20(6)12-17(3,4)5/h8-11,13,18H,7,12H2,1-6H3,(H,19,21). The number of hydrogen-bond acceptors (Lipinski definition) is 2. The van der Waals surface area contributed by atoms with Gasteiger partial charge in [-0.2, -0.15) is 0 Å². The van der Waals surface area contributed by atoms with E-state index in [2.05, 4.69) is 51.3 Å². The van der Waals surface area contributed by atoms with Crippen molar-refractivity contribution in [2.24, 2.45) is 5.41 Å². The lowest BCUT2D eigenvalue weighted by atomic mass is 9.96. The molecule has 4 nitrogen and oxygen atoms in total. The fraction of sp³-hybridized carbons (Fsp3) is 0.588. The summed E-state index contributed by atoms with van der Waals surface area (Å²) in [6, 6.07) is 8.20. The van der Waals surface area contributed by atoms with E-state index in [1.807, 2.05) is 25.2 Å². The van der Waals surface area contributed by atoms with Gasteiger partial charge in [-0.3, -0.25) is 0 Å². The smallest absolute Gasteiger partial charge is 0.321 e. The summed E-state index contributed by atoms with van der Waals surface area (Å²) in [5.74, 6) is 0. The number of benzene rings is 1. The Hall–Kier alpha value is -1.55. The van der Waals surface area contributed by atoms with E-state index in [1.54, 1.807) is 4.90 Å². The maximum Gasteiger partial charge on any atom is 0.321 e. The summed E-state index contributed by atoms with van der Waals surface area (Å²) in [6.45, 7) is 12.2. The predicted molar refractivity (Wildman–Crippen MR) is 89.6 cm³/mol. The van der Waals surface area contributed by atoms with Crippen molar-refractivity contribution in [2.75, 3.05) is 25.5 Å². The maximum atomic E-state index is 12.2. The molecule has 0 spiro atoms. The van der Waals surface area contributed by atoms with Crippen molar-refractivity contribution in [1.82, 2.24) is 10.2 Å². The third-order valence-corrected chi connectivity index (χ3v) is 3.21. The SMILES string of the molecule is CCNC(C)c1cccc(NC(=O)N(C)CC(C)(C)C)c1. The van der Waals surface area contributed by atoms with Crippen molar-refractivity contribution in [3.8, 4) is 0 Å². The van der Waals surface area contributed by atoms with E-state index >= 15 is 0 Å². The van der Waals surface area contributed by atoms with Crippen LogP contribution in [0.5, 0.6) is 0 Å². The van der Waals surface area contributed by atoms with Crippen LogP contribution in [-0.4, -0.2) is 31.1 Å². The van der Waals surface area contributed by atoms with E-state index < -0.39 is 0 Å². The minimum Gasteiger partial charge on any atom is -0.327 e. The second-order valence-electron chi connectivity index (χ2n) is 6.75. The molecule has 0 saturated heterocycles. The molecule has 1 aromatic rings. The van der Waals surface area contributed by atoms with Gasteiger partial charge in [-0.15, -0.1) is 0 Å². The van der Waals surface area contributed by atoms with Crippen LogP contribution < -0.4 is 10.6 Å². The molecule has 2 amide bonds. The lowest BCUT2D eigenvalue weighted by molar-refractivity contribution is 0.201. The average molecular weight is 291 g/mol. The Bertz CT molecular complexity index is 465. The second kappa shape index (κ2) is 7.46. The van der Waals surface area contributed by atoms with Crippen LogP contribution in [0, 0.1) is 5.41 Å². The van der Waals surface area contributed by atoms with Crippen molar-refractivity contribution < 1.29 is 4.79 Å². The third-order valence-electron chi connectivity index (χ3n) is 3.21. The highest BCUT2D eigenvalue weighted by Gasteiger charge is 2.17. The number of urea groups is 1. The zero-order chi connectivity index (χ0) is 16.0. The number of nitrogens with one attached hydrogen (secondary N) is 2. The Morgan fingerprint density at radius 1 is 1.33 bits per heavy atom. The number of carbonyl (C=O) groups is 1. The maximum absolute atomic E-state index is 12.2. The molecule has 0 aliphatic rings. The number of amides is 2. The first-order chi connectivity index (χ1) is 9.73. The van der Waals surface area contributed by atoms with E-state index in [9.17, 15) is 4.79 Å². The van der Waals surface area contributed by atoms with Gasteiger partial charge in [-0.05, 0) is 36.6 Å². The summed E-state index contributed by atoms with van der Waals surface area (Å²) in [4.78, 5) is 13.9. The zero-order valence-corrected chi connectivity index (χ0v) is 14.2. The van der Waals surface area contributed by atoms with Gasteiger partial charge in [-0.25, -0.2) is 4.79 Å². The summed E-state index contributed by atoms with van der Waals surface area (Å²) in [5.41, 5.74) is 2.10. The molecule has 4 heteroatoms. The van der Waals surface area contributed by atoms with Crippen LogP contribution in [0.3, 0.4) is 0 Å². The van der Waals surface area contributed by atoms with Crippen LogP contribution in [0.2, 0.25) is 0 Å². The molecule has 0 bridgehead atoms. The van der Waals surface area contributed by atoms with Crippen LogP contribution in [0.1, 0.15) is 46.2 Å². The van der Waals surface area contributed by atoms with Crippen LogP contribution >= 0.6 is 0 Å². The normalized spacial score (nSPS) is 12.9. The lowest BCUT2D eigenvalue weighted by Crippen LogP contribution is -2.37. The molecule has 1 aromatic carbocycles. The Morgan fingerprint density at radius 2 is 2.00 bits per heavy atom. The molecule has 0 aliphatic carbocycles. The fourth-order valence-corrected chi connectivity index (χ4v) is 2.31. The summed E-state index contributed by atoms with van der Waals surface area (Å²) >= 11 is 0. The molecule has 1 atom stereocenters. The first-order valence-corrected chi connectivity index (χ1v) is 7.58. The number of hydrogen-bond donors (Lipinski definition) is 2. The van der Waals surface area contributed by atoms with Gasteiger partial charge >= 0.3 is 6.03 Å². The van der Waals surface area contributed by atoms with Crippen molar-refractivity contribution >= 4 is 11.7 Å². The van der Waals surface area contributed by atoms with E-state index in [-0.39, 0.29) is 17.5 Å². The van der Waals surface area contributed by atoms with Crippen LogP contribution in [0.4, 0.5) is 10.5 Å². The van der Waals surface area contributed by atoms with Crippen molar-refractivity contribution in [2.45, 2.75) is 40.7 Å². The second-order valence-corrected chi connectivity index (χ2v) is 6.75. The molecule has 0 saturated carbocycles. The summed E-state index contributed by atoms with van der Waals surface area (Å²) in [7, 11) is 1.83. The minimum atomic E-state index is -0.0711. The Labute approximate surface area is 128 Å². The Morgan fingerprint density at radius 3 is 2.57 bits per heavy atom. The van der Waals surface area contributed by atoms with Gasteiger partial charge in [0.1, 0.15) is 0 Å². The molecule has 0 radical (unpaired) electrons. The van der Waals surface area contributed by atoms with Gasteiger partial charge in [0, 0.05) is 25.3 Å². The molecular formula is C17H29N3O. The van der Waals surface area contributed by atoms with Crippen molar-refractivity contribution in [1.29, 1.82) is 0 Å². The van der Waals surface area contributed by atoms with E-state index in [0.29, 0.717) is 6.54 Å². The van der Waals surface area contributed by atoms with Gasteiger partial charge in [0.25, 0.3) is 0 Å². The molecule has 2 N–H and O–H groups in total. The van der Waals surface area contributed by atoms with E-state index in [4.69, 9.17) is 0 Å². The molecule has 0 aliphatic heterocycles. The number of nitrogens with zero attached hydrogens (tertiary/aromatic N) is 1. The molecule has 1 unspecified atom stereocenters. The van der Waals surface area contributed by atoms with E-state index in [0.717, 1.165) is 12.2 Å². The van der Waals surface area contributed by atoms with Crippen molar-refractivity contribution in [3.05, 3.63) is 29.8 Å². The van der Waals surface area contributed by atoms with Crippen LogP contribution in [0.25, 0.3) is 0 Å². The number of rotatable bonds is 5. The summed E-state index contributed by atoms with van der Waals surface area (Å²) < 4.78 is 0. The van der Waals surface area contributed by atoms with Crippen LogP contribution in [0.15, 0.2) is 24.3 Å². The average Bonchev–Trinajstić information content (AvgIpc) is 2.37. The minimum absolute atomic E-state index is 0.0711. The number of carbonyl (C=O) groups excluding carboxylic acids is 1. The Kier molecular flexibility index (Phi) is 6.21. The van der Waals surface area contributed by atoms with Gasteiger partial charge in [0.2, 0.25) is 0 Å². The van der Waals surface area contributed by atoms with Gasteiger partial charge in [-0.1, -0.05) is 39.8 Å². The van der Waals surface area contributed by atoms with Gasteiger partial charge in [0.05, 0.1) is 0 Å². The summed E-state index contributed by atoms with van der Waals surface area (Å²) in [6.07, 6.45) is 0. The highest BCUT2D eigenvalue weighted by molar-refractivity contribution is 5.89. The van der Waals surface area contributed by atoms with Gasteiger partial charge < -0.3 is 15.5 Å². The quantitative estimate of drug-likeness (QED) is 0.865. The molecule has 1 rings (SSSR count). The first kappa shape index (κ1) is 17.5. The topological polar surface area (TPSA) is 44.4 Å². The van der Waals surface area contributed by atoms with Gasteiger partial charge in [0.15, 0.2) is 0 Å². The molecule has 0 heterocycles. The molecular weight excluding hydrogens is 262 g/mol. The highest BCUT2D eigenvalue weighted by Crippen LogP contribution is 2.19. The molecule has 21 heavy (non-hydrogen) atoms. The third kappa shape index (κ3) is 6.17. The fourth-order valence-electron chi connectivity index (χ4n) is 2.31. The van der Waals surface area contributed by atoms with Crippen LogP contribution in [-0.2, 0) is 0 Å². The molecule has 0 aromatic heterocycles. The summed E-state index contributed by atoms with van der Waals surface area (Å²) in [5, 5.41) is 6.33. The lowest BCUT2D eigenvalue weighted by Gasteiger charge is -2.26. The largest absolute Gasteiger partial charge is 0.327 e. The predicted octanol–water partition coefficient (Wildman–Crippen LogP) is 3.87. The van der Waals surface area contributed by atoms with Crippen molar-refractivity contribution in [3.63, 3.8) is 0 Å². The highest BCUT2D eigenvalue weighted by atomic mass is 16.2. The molecule has 0 fully saturated rings.